The molecule has 78 valence electrons. The molecule has 0 aromatic carbocycles. The first-order valence-electron chi connectivity index (χ1n) is 4.70. The van der Waals surface area contributed by atoms with Crippen LogP contribution in [0.25, 0.3) is 0 Å². The van der Waals surface area contributed by atoms with Crippen LogP contribution in [0.2, 0.25) is 0 Å². The van der Waals surface area contributed by atoms with Crippen molar-refractivity contribution in [1.82, 2.24) is 14.8 Å². The van der Waals surface area contributed by atoms with Crippen molar-refractivity contribution < 1.29 is 9.90 Å². The zero-order valence-corrected chi connectivity index (χ0v) is 8.47. The van der Waals surface area contributed by atoms with Crippen molar-refractivity contribution in [2.75, 3.05) is 0 Å². The molecule has 5 nitrogen and oxygen atoms in total. The molecule has 5 heteroatoms. The second-order valence-corrected chi connectivity index (χ2v) is 3.53. The molecular formula is C9H15N3O2. The molecule has 14 heavy (non-hydrogen) atoms. The summed E-state index contributed by atoms with van der Waals surface area (Å²) in [6.07, 6.45) is 2.46. The molecule has 1 heterocycles. The molecule has 1 aromatic rings. The number of carboxylic acids is 1. The SMILES string of the molecule is CC(C)c1nncn1CCCC(=O)O. The third-order valence-corrected chi connectivity index (χ3v) is 1.95. The fourth-order valence-corrected chi connectivity index (χ4v) is 1.28. The van der Waals surface area contributed by atoms with Crippen LogP contribution in [0.1, 0.15) is 38.4 Å². The molecule has 0 bridgehead atoms. The van der Waals surface area contributed by atoms with Crippen LogP contribution >= 0.6 is 0 Å². The first kappa shape index (κ1) is 10.7. The number of carboxylic acid groups (broad SMARTS) is 1. The largest absolute Gasteiger partial charge is 0.481 e. The molecule has 0 atom stereocenters. The van der Waals surface area contributed by atoms with E-state index in [4.69, 9.17) is 5.11 Å². The molecule has 0 aliphatic rings. The van der Waals surface area contributed by atoms with Crippen molar-refractivity contribution in [3.05, 3.63) is 12.2 Å². The predicted molar refractivity (Wildman–Crippen MR) is 51.0 cm³/mol. The van der Waals surface area contributed by atoms with Crippen LogP contribution in [-0.2, 0) is 11.3 Å². The van der Waals surface area contributed by atoms with Crippen molar-refractivity contribution in [3.63, 3.8) is 0 Å². The highest BCUT2D eigenvalue weighted by molar-refractivity contribution is 5.66. The number of aromatic nitrogens is 3. The van der Waals surface area contributed by atoms with Gasteiger partial charge in [-0.2, -0.15) is 0 Å². The highest BCUT2D eigenvalue weighted by Gasteiger charge is 2.08. The fraction of sp³-hybridized carbons (Fsp3) is 0.667. The standard InChI is InChI=1S/C9H15N3O2/c1-7(2)9-11-10-6-12(9)5-3-4-8(13)14/h6-7H,3-5H2,1-2H3,(H,13,14). The topological polar surface area (TPSA) is 68.0 Å². The zero-order chi connectivity index (χ0) is 10.6. The third-order valence-electron chi connectivity index (χ3n) is 1.95. The van der Waals surface area contributed by atoms with E-state index in [2.05, 4.69) is 10.2 Å². The van der Waals surface area contributed by atoms with E-state index < -0.39 is 5.97 Å². The third kappa shape index (κ3) is 2.83. The molecule has 0 amide bonds. The second-order valence-electron chi connectivity index (χ2n) is 3.53. The molecule has 0 saturated heterocycles. The first-order valence-corrected chi connectivity index (χ1v) is 4.70. The van der Waals surface area contributed by atoms with E-state index in [1.165, 1.54) is 0 Å². The Labute approximate surface area is 82.8 Å². The summed E-state index contributed by atoms with van der Waals surface area (Å²) in [6.45, 7) is 4.75. The highest BCUT2D eigenvalue weighted by Crippen LogP contribution is 2.10. The lowest BCUT2D eigenvalue weighted by Gasteiger charge is -2.07. The number of nitrogens with zero attached hydrogens (tertiary/aromatic N) is 3. The average Bonchev–Trinajstić information content (AvgIpc) is 2.51. The monoisotopic (exact) mass is 197 g/mol. The number of hydrogen-bond acceptors (Lipinski definition) is 3. The van der Waals surface area contributed by atoms with Gasteiger partial charge < -0.3 is 9.67 Å². The Morgan fingerprint density at radius 3 is 2.93 bits per heavy atom. The Balaban J connectivity index is 2.50. The quantitative estimate of drug-likeness (QED) is 0.771. The molecule has 1 N–H and O–H groups in total. The summed E-state index contributed by atoms with van der Waals surface area (Å²) in [5.41, 5.74) is 0. The van der Waals surface area contributed by atoms with Crippen LogP contribution in [0, 0.1) is 0 Å². The van der Waals surface area contributed by atoms with E-state index in [0.717, 1.165) is 5.82 Å². The predicted octanol–water partition coefficient (Wildman–Crippen LogP) is 1.27. The van der Waals surface area contributed by atoms with Crippen LogP contribution in [-0.4, -0.2) is 25.8 Å². The molecule has 0 aliphatic carbocycles. The maximum Gasteiger partial charge on any atom is 0.303 e. The van der Waals surface area contributed by atoms with Gasteiger partial charge in [-0.25, -0.2) is 0 Å². The van der Waals surface area contributed by atoms with Gasteiger partial charge >= 0.3 is 5.97 Å². The van der Waals surface area contributed by atoms with Crippen LogP contribution in [0.4, 0.5) is 0 Å². The Morgan fingerprint density at radius 2 is 2.36 bits per heavy atom. The van der Waals surface area contributed by atoms with Gasteiger partial charge in [0, 0.05) is 18.9 Å². The number of rotatable bonds is 5. The summed E-state index contributed by atoms with van der Waals surface area (Å²) in [6, 6.07) is 0. The molecule has 0 spiro atoms. The smallest absolute Gasteiger partial charge is 0.303 e. The summed E-state index contributed by atoms with van der Waals surface area (Å²) >= 11 is 0. The number of hydrogen-bond donors (Lipinski definition) is 1. The average molecular weight is 197 g/mol. The summed E-state index contributed by atoms with van der Waals surface area (Å²) in [5, 5.41) is 16.3. The van der Waals surface area contributed by atoms with Gasteiger partial charge in [0.05, 0.1) is 0 Å². The van der Waals surface area contributed by atoms with Gasteiger partial charge in [0.25, 0.3) is 0 Å². The number of carbonyl (C=O) groups is 1. The van der Waals surface area contributed by atoms with Crippen molar-refractivity contribution >= 4 is 5.97 Å². The van der Waals surface area contributed by atoms with Gasteiger partial charge in [-0.15, -0.1) is 10.2 Å². The first-order chi connectivity index (χ1) is 6.61. The van der Waals surface area contributed by atoms with Crippen LogP contribution in [0.5, 0.6) is 0 Å². The minimum atomic E-state index is -0.760. The summed E-state index contributed by atoms with van der Waals surface area (Å²) in [7, 11) is 0. The highest BCUT2D eigenvalue weighted by atomic mass is 16.4. The van der Waals surface area contributed by atoms with Gasteiger partial charge in [-0.1, -0.05) is 13.8 Å². The molecule has 0 radical (unpaired) electrons. The Hall–Kier alpha value is -1.39. The number of aliphatic carboxylic acids is 1. The van der Waals surface area contributed by atoms with E-state index in [-0.39, 0.29) is 6.42 Å². The van der Waals surface area contributed by atoms with Crippen molar-refractivity contribution in [2.45, 2.75) is 39.2 Å². The maximum atomic E-state index is 10.3. The van der Waals surface area contributed by atoms with E-state index in [0.29, 0.717) is 18.9 Å². The lowest BCUT2D eigenvalue weighted by molar-refractivity contribution is -0.137. The Kier molecular flexibility index (Phi) is 3.62. The van der Waals surface area contributed by atoms with Gasteiger partial charge in [0.15, 0.2) is 0 Å². The lowest BCUT2D eigenvalue weighted by atomic mass is 10.2. The molecule has 0 saturated carbocycles. The molecule has 0 aliphatic heterocycles. The molecule has 1 rings (SSSR count). The van der Waals surface area contributed by atoms with Gasteiger partial charge in [0.2, 0.25) is 0 Å². The van der Waals surface area contributed by atoms with E-state index >= 15 is 0 Å². The van der Waals surface area contributed by atoms with Crippen molar-refractivity contribution in [2.24, 2.45) is 0 Å². The Morgan fingerprint density at radius 1 is 1.64 bits per heavy atom. The maximum absolute atomic E-state index is 10.3. The minimum Gasteiger partial charge on any atom is -0.481 e. The fourth-order valence-electron chi connectivity index (χ4n) is 1.28. The second kappa shape index (κ2) is 4.74. The Bertz CT molecular complexity index is 307. The van der Waals surface area contributed by atoms with Crippen LogP contribution < -0.4 is 0 Å². The zero-order valence-electron chi connectivity index (χ0n) is 8.47. The van der Waals surface area contributed by atoms with Gasteiger partial charge in [0.1, 0.15) is 12.2 Å². The van der Waals surface area contributed by atoms with E-state index in [1.54, 1.807) is 6.33 Å². The summed E-state index contributed by atoms with van der Waals surface area (Å²) < 4.78 is 1.91. The van der Waals surface area contributed by atoms with Gasteiger partial charge in [-0.3, -0.25) is 4.79 Å². The van der Waals surface area contributed by atoms with Crippen LogP contribution in [0.15, 0.2) is 6.33 Å². The molecule has 0 unspecified atom stereocenters. The number of aryl methyl sites for hydroxylation is 1. The van der Waals surface area contributed by atoms with E-state index in [9.17, 15) is 4.79 Å². The lowest BCUT2D eigenvalue weighted by Crippen LogP contribution is -2.06. The van der Waals surface area contributed by atoms with Gasteiger partial charge in [-0.05, 0) is 6.42 Å². The normalized spacial score (nSPS) is 10.8. The molecule has 0 fully saturated rings. The van der Waals surface area contributed by atoms with E-state index in [1.807, 2.05) is 18.4 Å². The van der Waals surface area contributed by atoms with Crippen molar-refractivity contribution in [1.29, 1.82) is 0 Å². The molecule has 1 aromatic heterocycles. The summed E-state index contributed by atoms with van der Waals surface area (Å²) in [5.74, 6) is 0.474. The minimum absolute atomic E-state index is 0.190. The summed E-state index contributed by atoms with van der Waals surface area (Å²) in [4.78, 5) is 10.3. The van der Waals surface area contributed by atoms with Crippen LogP contribution in [0.3, 0.4) is 0 Å². The molecular weight excluding hydrogens is 182 g/mol. The van der Waals surface area contributed by atoms with Crippen molar-refractivity contribution in [3.8, 4) is 0 Å².